The van der Waals surface area contributed by atoms with Gasteiger partial charge in [-0.2, -0.15) is 0 Å². The van der Waals surface area contributed by atoms with Crippen molar-refractivity contribution in [2.75, 3.05) is 0 Å². The molecule has 4 rings (SSSR count). The Morgan fingerprint density at radius 3 is 1.83 bits per heavy atom. The third-order valence-corrected chi connectivity index (χ3v) is 6.22. The number of benzene rings is 3. The highest BCUT2D eigenvalue weighted by Gasteiger charge is 2.24. The molecule has 0 aliphatic rings. The molecule has 0 saturated carbocycles. The van der Waals surface area contributed by atoms with Gasteiger partial charge in [-0.1, -0.05) is 78.9 Å². The Balaban J connectivity index is 1.75. The molecule has 0 aliphatic heterocycles. The van der Waals surface area contributed by atoms with Crippen molar-refractivity contribution in [3.05, 3.63) is 130 Å². The number of hydrogen-bond acceptors (Lipinski definition) is 4. The van der Waals surface area contributed by atoms with Gasteiger partial charge in [0.05, 0.1) is 11.3 Å². The molecule has 150 valence electrons. The van der Waals surface area contributed by atoms with Crippen molar-refractivity contribution in [3.63, 3.8) is 0 Å². The zero-order valence-electron chi connectivity index (χ0n) is 16.3. The predicted octanol–water partition coefficient (Wildman–Crippen LogP) is 6.40. The molecule has 3 nitrogen and oxygen atoms in total. The maximum Gasteiger partial charge on any atom is 0.339 e. The van der Waals surface area contributed by atoms with E-state index in [2.05, 4.69) is 24.3 Å². The molecule has 1 unspecified atom stereocenters. The fourth-order valence-corrected chi connectivity index (χ4v) is 4.74. The van der Waals surface area contributed by atoms with Gasteiger partial charge in [-0.15, -0.1) is 11.8 Å². The summed E-state index contributed by atoms with van der Waals surface area (Å²) in [5.41, 5.74) is 1.86. The van der Waals surface area contributed by atoms with Gasteiger partial charge >= 0.3 is 5.63 Å². The van der Waals surface area contributed by atoms with Crippen LogP contribution in [0, 0.1) is 0 Å². The maximum atomic E-state index is 12.0. The zero-order chi connectivity index (χ0) is 20.8. The minimum absolute atomic E-state index is 0.0733. The third-order valence-electron chi connectivity index (χ3n) is 4.97. The van der Waals surface area contributed by atoms with Crippen LogP contribution >= 0.6 is 11.8 Å². The summed E-state index contributed by atoms with van der Waals surface area (Å²) in [4.78, 5) is 13.0. The first kappa shape index (κ1) is 20.0. The van der Waals surface area contributed by atoms with Crippen molar-refractivity contribution < 1.29 is 9.52 Å². The van der Waals surface area contributed by atoms with Crippen LogP contribution in [0.4, 0.5) is 0 Å². The van der Waals surface area contributed by atoms with Crippen LogP contribution in [0.2, 0.25) is 0 Å². The summed E-state index contributed by atoms with van der Waals surface area (Å²) >= 11 is 1.63. The first-order chi connectivity index (χ1) is 14.7. The molecule has 0 amide bonds. The molecule has 0 radical (unpaired) electrons. The van der Waals surface area contributed by atoms with Crippen LogP contribution < -0.4 is 5.63 Å². The summed E-state index contributed by atoms with van der Waals surface area (Å²) < 4.78 is 5.53. The minimum atomic E-state index is -0.542. The zero-order valence-corrected chi connectivity index (χ0v) is 17.2. The van der Waals surface area contributed by atoms with E-state index in [4.69, 9.17) is 4.42 Å². The Labute approximate surface area is 180 Å². The molecular formula is C26H22O3S. The first-order valence-electron chi connectivity index (χ1n) is 9.85. The Kier molecular flexibility index (Phi) is 6.35. The van der Waals surface area contributed by atoms with Gasteiger partial charge in [-0.25, -0.2) is 4.79 Å². The van der Waals surface area contributed by atoms with Gasteiger partial charge in [0.15, 0.2) is 0 Å². The number of thioether (sulfide) groups is 1. The van der Waals surface area contributed by atoms with Crippen LogP contribution in [-0.2, 0) is 0 Å². The van der Waals surface area contributed by atoms with Gasteiger partial charge in [0, 0.05) is 16.9 Å². The molecule has 0 fully saturated rings. The van der Waals surface area contributed by atoms with Crippen molar-refractivity contribution in [2.45, 2.75) is 22.5 Å². The van der Waals surface area contributed by atoms with E-state index in [9.17, 15) is 9.90 Å². The van der Waals surface area contributed by atoms with Crippen molar-refractivity contribution in [2.24, 2.45) is 0 Å². The maximum absolute atomic E-state index is 12.0. The molecule has 3 aromatic carbocycles. The third kappa shape index (κ3) is 5.02. The van der Waals surface area contributed by atoms with Gasteiger partial charge < -0.3 is 9.52 Å². The molecule has 1 heterocycles. The van der Waals surface area contributed by atoms with Gasteiger partial charge in [0.1, 0.15) is 11.5 Å². The van der Waals surface area contributed by atoms with Crippen LogP contribution in [0.3, 0.4) is 0 Å². The summed E-state index contributed by atoms with van der Waals surface area (Å²) in [6.07, 6.45) is 0.708. The van der Waals surface area contributed by atoms with Crippen LogP contribution in [0.15, 0.2) is 117 Å². The summed E-state index contributed by atoms with van der Waals surface area (Å²) in [6.45, 7) is 0. The lowest BCUT2D eigenvalue weighted by atomic mass is 9.87. The SMILES string of the molecule is O=c1cc(O)cc(C(CC(c2ccccc2)c2ccccc2)Sc2ccccc2)o1. The summed E-state index contributed by atoms with van der Waals surface area (Å²) in [6, 6.07) is 33.4. The van der Waals surface area contributed by atoms with Crippen LogP contribution in [0.25, 0.3) is 0 Å². The van der Waals surface area contributed by atoms with Crippen LogP contribution in [0.5, 0.6) is 5.75 Å². The van der Waals surface area contributed by atoms with E-state index in [0.29, 0.717) is 12.2 Å². The molecule has 1 atom stereocenters. The van der Waals surface area contributed by atoms with E-state index in [1.54, 1.807) is 17.8 Å². The average Bonchev–Trinajstić information content (AvgIpc) is 2.78. The van der Waals surface area contributed by atoms with Crippen LogP contribution in [0.1, 0.15) is 34.5 Å². The smallest absolute Gasteiger partial charge is 0.339 e. The second-order valence-corrected chi connectivity index (χ2v) is 8.34. The fraction of sp³-hybridized carbons (Fsp3) is 0.115. The lowest BCUT2D eigenvalue weighted by molar-refractivity contribution is 0.416. The number of rotatable bonds is 7. The highest BCUT2D eigenvalue weighted by atomic mass is 32.2. The molecule has 1 N–H and O–H groups in total. The average molecular weight is 415 g/mol. The Morgan fingerprint density at radius 1 is 0.767 bits per heavy atom. The first-order valence-corrected chi connectivity index (χ1v) is 10.7. The van der Waals surface area contributed by atoms with E-state index in [-0.39, 0.29) is 16.9 Å². The standard InChI is InChI=1S/C26H22O3S/c27-21-16-24(29-26(28)17-21)25(30-22-14-8-3-9-15-22)18-23(19-10-4-1-5-11-19)20-12-6-2-7-13-20/h1-17,23,25,27H,18H2. The van der Waals surface area contributed by atoms with E-state index >= 15 is 0 Å². The van der Waals surface area contributed by atoms with Crippen molar-refractivity contribution in [3.8, 4) is 5.75 Å². The highest BCUT2D eigenvalue weighted by molar-refractivity contribution is 7.99. The van der Waals surface area contributed by atoms with Crippen molar-refractivity contribution in [1.82, 2.24) is 0 Å². The topological polar surface area (TPSA) is 50.4 Å². The van der Waals surface area contributed by atoms with Crippen molar-refractivity contribution >= 4 is 11.8 Å². The molecule has 1 aromatic heterocycles. The molecule has 4 heteroatoms. The normalized spacial score (nSPS) is 12.0. The van der Waals surface area contributed by atoms with Gasteiger partial charge in [0.25, 0.3) is 0 Å². The molecule has 0 aliphatic carbocycles. The number of aromatic hydroxyl groups is 1. The van der Waals surface area contributed by atoms with Gasteiger partial charge in [-0.05, 0) is 29.7 Å². The fourth-order valence-electron chi connectivity index (χ4n) is 3.58. The Morgan fingerprint density at radius 2 is 1.30 bits per heavy atom. The molecule has 0 bridgehead atoms. The van der Waals surface area contributed by atoms with Crippen molar-refractivity contribution in [1.29, 1.82) is 0 Å². The summed E-state index contributed by atoms with van der Waals surface area (Å²) in [7, 11) is 0. The van der Waals surface area contributed by atoms with Gasteiger partial charge in [0.2, 0.25) is 0 Å². The van der Waals surface area contributed by atoms with Crippen LogP contribution in [-0.4, -0.2) is 5.11 Å². The second-order valence-electron chi connectivity index (χ2n) is 7.07. The summed E-state index contributed by atoms with van der Waals surface area (Å²) in [5, 5.41) is 9.85. The van der Waals surface area contributed by atoms with E-state index in [0.717, 1.165) is 11.0 Å². The Hall–Kier alpha value is -3.24. The van der Waals surface area contributed by atoms with E-state index in [1.807, 2.05) is 66.7 Å². The largest absolute Gasteiger partial charge is 0.508 e. The lowest BCUT2D eigenvalue weighted by Crippen LogP contribution is -2.09. The monoisotopic (exact) mass is 414 g/mol. The molecule has 0 spiro atoms. The lowest BCUT2D eigenvalue weighted by Gasteiger charge is -2.24. The highest BCUT2D eigenvalue weighted by Crippen LogP contribution is 2.44. The molecule has 4 aromatic rings. The molecular weight excluding hydrogens is 392 g/mol. The van der Waals surface area contributed by atoms with Gasteiger partial charge in [-0.3, -0.25) is 0 Å². The number of hydrogen-bond donors (Lipinski definition) is 1. The molecule has 0 saturated heterocycles. The van der Waals surface area contributed by atoms with E-state index < -0.39 is 5.63 Å². The second kappa shape index (κ2) is 9.51. The minimum Gasteiger partial charge on any atom is -0.508 e. The molecule has 30 heavy (non-hydrogen) atoms. The Bertz CT molecular complexity index is 1090. The predicted molar refractivity (Wildman–Crippen MR) is 121 cm³/mol. The quantitative estimate of drug-likeness (QED) is 0.356. The summed E-state index contributed by atoms with van der Waals surface area (Å²) in [5.74, 6) is 0.517. The van der Waals surface area contributed by atoms with E-state index in [1.165, 1.54) is 11.1 Å².